The van der Waals surface area contributed by atoms with Crippen molar-refractivity contribution in [1.82, 2.24) is 0 Å². The summed E-state index contributed by atoms with van der Waals surface area (Å²) < 4.78 is 0. The van der Waals surface area contributed by atoms with Gasteiger partial charge in [-0.3, -0.25) is 0 Å². The molecule has 0 unspecified atom stereocenters. The fraction of sp³-hybridized carbons (Fsp3) is 0.750. The first-order chi connectivity index (χ1) is 3.83. The van der Waals surface area contributed by atoms with Gasteiger partial charge in [-0.2, -0.15) is 12.8 Å². The Morgan fingerprint density at radius 3 is 1.00 bits per heavy atom. The summed E-state index contributed by atoms with van der Waals surface area (Å²) in [5, 5.41) is 0. The Labute approximate surface area is 88.4 Å². The summed E-state index contributed by atoms with van der Waals surface area (Å²) in [7, 11) is 0. The Kier molecular flexibility index (Phi) is 42.3. The third-order valence-electron chi connectivity index (χ3n) is 0.707. The fourth-order valence-corrected chi connectivity index (χ4v) is 0. The minimum Gasteiger partial charge on any atom is -0.343 e. The predicted octanol–water partition coefficient (Wildman–Crippen LogP) is 3.24. The molecule has 0 nitrogen and oxygen atoms in total. The van der Waals surface area contributed by atoms with E-state index < -0.39 is 0 Å². The van der Waals surface area contributed by atoms with Gasteiger partial charge < -0.3 is 13.8 Å². The van der Waals surface area contributed by atoms with Crippen LogP contribution in [-0.2, 0) is 0 Å². The van der Waals surface area contributed by atoms with E-state index in [1.54, 1.807) is 0 Å². The van der Waals surface area contributed by atoms with Crippen LogP contribution in [0.1, 0.15) is 39.5 Å². The van der Waals surface area contributed by atoms with Crippen molar-refractivity contribution in [1.29, 1.82) is 0 Å². The van der Waals surface area contributed by atoms with Gasteiger partial charge in [-0.05, 0) is 0 Å². The SMILES string of the molecule is [CH2-]CCC.[CH2-]CCC.[La]. The van der Waals surface area contributed by atoms with Crippen molar-refractivity contribution in [2.75, 3.05) is 0 Å². The quantitative estimate of drug-likeness (QED) is 0.663. The van der Waals surface area contributed by atoms with Gasteiger partial charge in [0.05, 0.1) is 0 Å². The summed E-state index contributed by atoms with van der Waals surface area (Å²) in [5.74, 6) is 0. The molecule has 0 amide bonds. The fourth-order valence-electron chi connectivity index (χ4n) is 0. The average Bonchev–Trinajstić information content (AvgIpc) is 1.88. The maximum Gasteiger partial charge on any atom is 0 e. The molecule has 0 aromatic heterocycles. The predicted molar refractivity (Wildman–Crippen MR) is 40.5 cm³/mol. The third-order valence-corrected chi connectivity index (χ3v) is 0.707. The summed E-state index contributed by atoms with van der Waals surface area (Å²) in [6, 6.07) is 0. The Morgan fingerprint density at radius 2 is 1.00 bits per heavy atom. The summed E-state index contributed by atoms with van der Waals surface area (Å²) in [6.45, 7) is 11.4. The molecule has 0 aromatic rings. The zero-order chi connectivity index (χ0) is 6.83. The Bertz CT molecular complexity index is 12.5. The van der Waals surface area contributed by atoms with E-state index in [1.165, 1.54) is 12.8 Å². The number of unbranched alkanes of at least 4 members (excludes halogenated alkanes) is 2. The van der Waals surface area contributed by atoms with E-state index in [-0.39, 0.29) is 35.6 Å². The molecule has 0 N–H and O–H groups in total. The van der Waals surface area contributed by atoms with Crippen molar-refractivity contribution >= 4 is 0 Å². The zero-order valence-electron chi connectivity index (χ0n) is 6.82. The summed E-state index contributed by atoms with van der Waals surface area (Å²) >= 11 is 0. The molecule has 1 heteroatoms. The van der Waals surface area contributed by atoms with Crippen LogP contribution in [0.4, 0.5) is 0 Å². The number of hydrogen-bond donors (Lipinski definition) is 0. The van der Waals surface area contributed by atoms with Crippen LogP contribution in [0, 0.1) is 49.4 Å². The third kappa shape index (κ3) is 46.6. The van der Waals surface area contributed by atoms with E-state index in [4.69, 9.17) is 0 Å². The van der Waals surface area contributed by atoms with Crippen LogP contribution < -0.4 is 0 Å². The van der Waals surface area contributed by atoms with Gasteiger partial charge in [-0.15, -0.1) is 0 Å². The Balaban J connectivity index is -0.0000000720. The van der Waals surface area contributed by atoms with Gasteiger partial charge in [0.2, 0.25) is 0 Å². The van der Waals surface area contributed by atoms with Crippen LogP contribution in [0.3, 0.4) is 0 Å². The minimum absolute atomic E-state index is 0. The standard InChI is InChI=1S/2C4H9.La/c2*1-3-4-2;/h2*1,3-4H2,2H3;/q2*-1;. The molecule has 0 saturated heterocycles. The van der Waals surface area contributed by atoms with Crippen molar-refractivity contribution in [3.8, 4) is 0 Å². The normalized spacial score (nSPS) is 6.67. The molecule has 0 aliphatic rings. The maximum atomic E-state index is 3.60. The number of hydrogen-bond acceptors (Lipinski definition) is 0. The second-order valence-corrected chi connectivity index (χ2v) is 1.71. The van der Waals surface area contributed by atoms with Crippen molar-refractivity contribution in [2.24, 2.45) is 0 Å². The minimum atomic E-state index is 0. The molecule has 0 bridgehead atoms. The van der Waals surface area contributed by atoms with E-state index >= 15 is 0 Å². The van der Waals surface area contributed by atoms with Gasteiger partial charge in [0.25, 0.3) is 0 Å². The monoisotopic (exact) mass is 253 g/mol. The summed E-state index contributed by atoms with van der Waals surface area (Å²) in [4.78, 5) is 0. The summed E-state index contributed by atoms with van der Waals surface area (Å²) in [5.41, 5.74) is 0. The van der Waals surface area contributed by atoms with E-state index in [0.717, 1.165) is 12.8 Å². The molecule has 1 radical (unpaired) electrons. The molecule has 0 aliphatic heterocycles. The Hall–Kier alpha value is 1.19. The van der Waals surface area contributed by atoms with Gasteiger partial charge >= 0.3 is 0 Å². The van der Waals surface area contributed by atoms with Crippen molar-refractivity contribution in [3.05, 3.63) is 13.8 Å². The second-order valence-electron chi connectivity index (χ2n) is 1.71. The molecule has 0 aromatic carbocycles. The Morgan fingerprint density at radius 1 is 0.889 bits per heavy atom. The van der Waals surface area contributed by atoms with Crippen LogP contribution in [0.5, 0.6) is 0 Å². The van der Waals surface area contributed by atoms with Crippen molar-refractivity contribution in [2.45, 2.75) is 39.5 Å². The van der Waals surface area contributed by atoms with Gasteiger partial charge in [-0.25, -0.2) is 0 Å². The molecule has 0 heterocycles. The molecule has 0 spiro atoms. The van der Waals surface area contributed by atoms with E-state index in [2.05, 4.69) is 27.7 Å². The molecular formula is C8H18La-2. The first-order valence-corrected chi connectivity index (χ1v) is 3.41. The van der Waals surface area contributed by atoms with Gasteiger partial charge in [0.1, 0.15) is 0 Å². The van der Waals surface area contributed by atoms with Crippen molar-refractivity contribution in [3.63, 3.8) is 0 Å². The topological polar surface area (TPSA) is 0 Å². The molecular weight excluding hydrogens is 235 g/mol. The van der Waals surface area contributed by atoms with Gasteiger partial charge in [-0.1, -0.05) is 26.7 Å². The van der Waals surface area contributed by atoms with Crippen molar-refractivity contribution < 1.29 is 35.6 Å². The molecule has 0 saturated carbocycles. The van der Waals surface area contributed by atoms with Crippen LogP contribution in [0.2, 0.25) is 0 Å². The first kappa shape index (κ1) is 16.7. The van der Waals surface area contributed by atoms with Crippen LogP contribution in [0.25, 0.3) is 0 Å². The summed E-state index contributed by atoms with van der Waals surface area (Å²) in [6.07, 6.45) is 4.56. The molecule has 9 heavy (non-hydrogen) atoms. The largest absolute Gasteiger partial charge is 0.343 e. The smallest absolute Gasteiger partial charge is 0 e. The van der Waals surface area contributed by atoms with Gasteiger partial charge in [0, 0.05) is 35.6 Å². The zero-order valence-corrected chi connectivity index (χ0v) is 10.4. The van der Waals surface area contributed by atoms with E-state index in [0.29, 0.717) is 0 Å². The molecule has 0 aliphatic carbocycles. The molecule has 55 valence electrons. The van der Waals surface area contributed by atoms with Gasteiger partial charge in [0.15, 0.2) is 0 Å². The molecule has 0 rings (SSSR count). The average molecular weight is 253 g/mol. The van der Waals surface area contributed by atoms with Crippen LogP contribution >= 0.6 is 0 Å². The van der Waals surface area contributed by atoms with E-state index in [1.807, 2.05) is 0 Å². The van der Waals surface area contributed by atoms with Crippen LogP contribution in [-0.4, -0.2) is 0 Å². The second kappa shape index (κ2) is 22.9. The van der Waals surface area contributed by atoms with E-state index in [9.17, 15) is 0 Å². The first-order valence-electron chi connectivity index (χ1n) is 3.41. The maximum absolute atomic E-state index is 3.60. The molecule has 0 atom stereocenters. The molecule has 0 fully saturated rings. The number of rotatable bonds is 2. The van der Waals surface area contributed by atoms with Crippen LogP contribution in [0.15, 0.2) is 0 Å².